The van der Waals surface area contributed by atoms with Crippen LogP contribution in [0.25, 0.3) is 22.2 Å². The Morgan fingerprint density at radius 3 is 2.33 bits per heavy atom. The predicted octanol–water partition coefficient (Wildman–Crippen LogP) is 5.32. The van der Waals surface area contributed by atoms with Crippen LogP contribution in [0.2, 0.25) is 0 Å². The van der Waals surface area contributed by atoms with Crippen LogP contribution in [0.3, 0.4) is 0 Å². The molecule has 0 N–H and O–H groups in total. The number of nitrogens with zero attached hydrogens (tertiary/aromatic N) is 7. The van der Waals surface area contributed by atoms with E-state index in [1.807, 2.05) is 37.7 Å². The Labute approximate surface area is 227 Å². The van der Waals surface area contributed by atoms with Gasteiger partial charge in [0.2, 0.25) is 0 Å². The van der Waals surface area contributed by atoms with Gasteiger partial charge in [0.05, 0.1) is 18.1 Å². The van der Waals surface area contributed by atoms with Crippen molar-refractivity contribution in [1.29, 1.82) is 0 Å². The molecule has 0 amide bonds. The number of rotatable bonds is 7. The van der Waals surface area contributed by atoms with E-state index in [1.165, 1.54) is 25.1 Å². The number of pyridine rings is 1. The fraction of sp³-hybridized carbons (Fsp3) is 0.467. The highest BCUT2D eigenvalue weighted by Gasteiger charge is 2.39. The number of piperazine rings is 1. The van der Waals surface area contributed by atoms with Crippen molar-refractivity contribution >= 4 is 11.0 Å². The molecule has 1 aromatic carbocycles. The third kappa shape index (κ3) is 4.94. The summed E-state index contributed by atoms with van der Waals surface area (Å²) < 4.78 is 31.9. The van der Waals surface area contributed by atoms with E-state index >= 15 is 4.39 Å². The average molecular weight is 532 g/mol. The van der Waals surface area contributed by atoms with E-state index in [1.54, 1.807) is 12.1 Å². The monoisotopic (exact) mass is 531 g/mol. The van der Waals surface area contributed by atoms with Crippen molar-refractivity contribution in [2.45, 2.75) is 71.6 Å². The second-order valence-electron chi connectivity index (χ2n) is 11.2. The van der Waals surface area contributed by atoms with Crippen molar-refractivity contribution in [3.63, 3.8) is 0 Å². The lowest BCUT2D eigenvalue weighted by molar-refractivity contribution is 0.0640. The van der Waals surface area contributed by atoms with E-state index in [-0.39, 0.29) is 6.04 Å². The van der Waals surface area contributed by atoms with E-state index in [4.69, 9.17) is 0 Å². The lowest BCUT2D eigenvalue weighted by Crippen LogP contribution is -2.52. The number of aromatic nitrogens is 5. The number of benzene rings is 1. The molecular weight excluding hydrogens is 496 g/mol. The van der Waals surface area contributed by atoms with Crippen LogP contribution in [-0.2, 0) is 13.0 Å². The Morgan fingerprint density at radius 1 is 0.949 bits per heavy atom. The van der Waals surface area contributed by atoms with Crippen LogP contribution in [-0.4, -0.2) is 66.0 Å². The van der Waals surface area contributed by atoms with Gasteiger partial charge in [0.15, 0.2) is 5.82 Å². The molecule has 2 aliphatic rings. The topological polar surface area (TPSA) is 63.0 Å². The maximum atomic E-state index is 15.0. The Bertz CT molecular complexity index is 1480. The standard InChI is InChI=1S/C30H35F2N7/c1-5-37-16-23-6-7-24(17-37)38(23)15-20-12-34-29(35-13-20)11-22-10-25(27(32)14-33-22)21-8-26(31)30-28(9-21)39(18(2)3)19(4)36-30/h8-10,12-14,18,23-24H,5-7,11,15-17H2,1-4H3. The highest BCUT2D eigenvalue weighted by molar-refractivity contribution is 5.83. The molecule has 7 nitrogen and oxygen atoms in total. The number of halogens is 2. The summed E-state index contributed by atoms with van der Waals surface area (Å²) in [6.07, 6.45) is 7.87. The summed E-state index contributed by atoms with van der Waals surface area (Å²) in [6, 6.07) is 6.13. The lowest BCUT2D eigenvalue weighted by Gasteiger charge is -2.40. The molecule has 204 valence electrons. The largest absolute Gasteiger partial charge is 0.326 e. The minimum Gasteiger partial charge on any atom is -0.326 e. The van der Waals surface area contributed by atoms with E-state index in [0.29, 0.717) is 52.2 Å². The van der Waals surface area contributed by atoms with Crippen molar-refractivity contribution in [3.05, 3.63) is 71.3 Å². The Balaban J connectivity index is 1.21. The quantitative estimate of drug-likeness (QED) is 0.322. The van der Waals surface area contributed by atoms with Crippen molar-refractivity contribution in [1.82, 2.24) is 34.3 Å². The van der Waals surface area contributed by atoms with Gasteiger partial charge < -0.3 is 9.47 Å². The minimum atomic E-state index is -0.501. The molecule has 2 unspecified atom stereocenters. The molecule has 2 bridgehead atoms. The van der Waals surface area contributed by atoms with Gasteiger partial charge in [-0.15, -0.1) is 0 Å². The molecule has 2 atom stereocenters. The fourth-order valence-electron chi connectivity index (χ4n) is 6.40. The minimum absolute atomic E-state index is 0.0960. The van der Waals surface area contributed by atoms with Gasteiger partial charge in [-0.1, -0.05) is 6.92 Å². The molecule has 9 heteroatoms. The summed E-state index contributed by atoms with van der Waals surface area (Å²) in [7, 11) is 0. The molecule has 0 saturated carbocycles. The van der Waals surface area contributed by atoms with Crippen LogP contribution in [0.5, 0.6) is 0 Å². The van der Waals surface area contributed by atoms with Gasteiger partial charge in [0, 0.05) is 67.0 Å². The summed E-state index contributed by atoms with van der Waals surface area (Å²) in [5, 5.41) is 0. The van der Waals surface area contributed by atoms with Gasteiger partial charge >= 0.3 is 0 Å². The number of likely N-dealkylation sites (N-methyl/N-ethyl adjacent to an activating group) is 1. The van der Waals surface area contributed by atoms with Crippen LogP contribution in [0.4, 0.5) is 8.78 Å². The Hall–Kier alpha value is -3.30. The highest BCUT2D eigenvalue weighted by Crippen LogP contribution is 2.32. The molecule has 0 spiro atoms. The first kappa shape index (κ1) is 26.0. The third-order valence-electron chi connectivity index (χ3n) is 8.28. The van der Waals surface area contributed by atoms with E-state index in [2.05, 4.69) is 36.7 Å². The van der Waals surface area contributed by atoms with Crippen molar-refractivity contribution in [3.8, 4) is 11.1 Å². The molecule has 0 aliphatic carbocycles. The van der Waals surface area contributed by atoms with E-state index in [9.17, 15) is 4.39 Å². The summed E-state index contributed by atoms with van der Waals surface area (Å²) >= 11 is 0. The first-order valence-corrected chi connectivity index (χ1v) is 13.9. The fourth-order valence-corrected chi connectivity index (χ4v) is 6.40. The zero-order chi connectivity index (χ0) is 27.3. The van der Waals surface area contributed by atoms with Crippen LogP contribution in [0, 0.1) is 18.6 Å². The molecule has 3 aromatic heterocycles. The van der Waals surface area contributed by atoms with Gasteiger partial charge in [-0.05, 0) is 63.9 Å². The summed E-state index contributed by atoms with van der Waals surface area (Å²) in [5.74, 6) is 0.381. The van der Waals surface area contributed by atoms with Crippen LogP contribution >= 0.6 is 0 Å². The molecule has 5 heterocycles. The number of hydrogen-bond donors (Lipinski definition) is 0. The average Bonchev–Trinajstić information content (AvgIpc) is 3.36. The second kappa shape index (κ2) is 10.4. The Morgan fingerprint density at radius 2 is 1.67 bits per heavy atom. The predicted molar refractivity (Wildman–Crippen MR) is 147 cm³/mol. The smallest absolute Gasteiger partial charge is 0.151 e. The first-order valence-electron chi connectivity index (χ1n) is 13.9. The van der Waals surface area contributed by atoms with Gasteiger partial charge in [-0.25, -0.2) is 23.7 Å². The number of imidazole rings is 1. The van der Waals surface area contributed by atoms with Crippen molar-refractivity contribution < 1.29 is 8.78 Å². The molecule has 0 radical (unpaired) electrons. The van der Waals surface area contributed by atoms with Crippen LogP contribution in [0.1, 0.15) is 62.6 Å². The van der Waals surface area contributed by atoms with E-state index in [0.717, 1.165) is 37.6 Å². The molecule has 4 aromatic rings. The van der Waals surface area contributed by atoms with Gasteiger partial charge in [-0.3, -0.25) is 9.88 Å². The van der Waals surface area contributed by atoms with Crippen LogP contribution in [0.15, 0.2) is 36.8 Å². The zero-order valence-corrected chi connectivity index (χ0v) is 23.0. The van der Waals surface area contributed by atoms with Gasteiger partial charge in [0.1, 0.15) is 23.0 Å². The zero-order valence-electron chi connectivity index (χ0n) is 23.0. The van der Waals surface area contributed by atoms with E-state index < -0.39 is 11.6 Å². The van der Waals surface area contributed by atoms with Gasteiger partial charge in [-0.2, -0.15) is 0 Å². The molecule has 2 aliphatic heterocycles. The van der Waals surface area contributed by atoms with Gasteiger partial charge in [0.25, 0.3) is 0 Å². The molecule has 39 heavy (non-hydrogen) atoms. The number of likely N-dealkylation sites (tertiary alicyclic amines) is 1. The first-order chi connectivity index (χ1) is 18.8. The maximum Gasteiger partial charge on any atom is 0.151 e. The maximum absolute atomic E-state index is 15.0. The highest BCUT2D eigenvalue weighted by atomic mass is 19.1. The lowest BCUT2D eigenvalue weighted by atomic mass is 10.0. The number of fused-ring (bicyclic) bond motifs is 3. The summed E-state index contributed by atoms with van der Waals surface area (Å²) in [4.78, 5) is 23.0. The normalized spacial score (nSPS) is 20.0. The molecular formula is C30H35F2N7. The SMILES string of the molecule is CCN1CC2CCC(C1)N2Cc1cnc(Cc2cc(-c3cc(F)c4nc(C)n(C(C)C)c4c3)c(F)cn2)nc1. The summed E-state index contributed by atoms with van der Waals surface area (Å²) in [6.45, 7) is 12.4. The summed E-state index contributed by atoms with van der Waals surface area (Å²) in [5.41, 5.74) is 3.44. The van der Waals surface area contributed by atoms with Crippen molar-refractivity contribution in [2.24, 2.45) is 0 Å². The second-order valence-corrected chi connectivity index (χ2v) is 11.2. The Kier molecular flexibility index (Phi) is 6.89. The van der Waals surface area contributed by atoms with Crippen LogP contribution < -0.4 is 0 Å². The number of hydrogen-bond acceptors (Lipinski definition) is 6. The van der Waals surface area contributed by atoms with Crippen molar-refractivity contribution in [2.75, 3.05) is 19.6 Å². The molecule has 2 fully saturated rings. The molecule has 6 rings (SSSR count). The molecule has 2 saturated heterocycles. The number of aryl methyl sites for hydroxylation is 1. The third-order valence-corrected chi connectivity index (χ3v) is 8.28.